The molecular formula is C14H23N3S. The highest BCUT2D eigenvalue weighted by Crippen LogP contribution is 2.49. The average molecular weight is 265 g/mol. The summed E-state index contributed by atoms with van der Waals surface area (Å²) in [6.07, 6.45) is 5.25. The van der Waals surface area contributed by atoms with Gasteiger partial charge in [-0.15, -0.1) is 11.3 Å². The fourth-order valence-corrected chi connectivity index (χ4v) is 4.24. The van der Waals surface area contributed by atoms with Crippen LogP contribution in [0.2, 0.25) is 0 Å². The molecule has 1 saturated carbocycles. The minimum atomic E-state index is 0.387. The Bertz CT molecular complexity index is 411. The van der Waals surface area contributed by atoms with E-state index >= 15 is 0 Å². The topological polar surface area (TPSA) is 28.2 Å². The smallest absolute Gasteiger partial charge is 0.100 e. The van der Waals surface area contributed by atoms with Gasteiger partial charge >= 0.3 is 0 Å². The first-order chi connectivity index (χ1) is 8.73. The van der Waals surface area contributed by atoms with Crippen LogP contribution < -0.4 is 5.32 Å². The zero-order valence-corrected chi connectivity index (χ0v) is 12.2. The van der Waals surface area contributed by atoms with E-state index in [1.165, 1.54) is 49.5 Å². The Morgan fingerprint density at radius 1 is 1.56 bits per heavy atom. The Morgan fingerprint density at radius 3 is 3.06 bits per heavy atom. The summed E-state index contributed by atoms with van der Waals surface area (Å²) in [6.45, 7) is 3.52. The molecule has 1 aromatic heterocycles. The second-order valence-electron chi connectivity index (χ2n) is 5.99. The maximum atomic E-state index is 4.97. The van der Waals surface area contributed by atoms with Crippen LogP contribution in [0.3, 0.4) is 0 Å². The van der Waals surface area contributed by atoms with Gasteiger partial charge in [-0.25, -0.2) is 4.98 Å². The Labute approximate surface area is 114 Å². The number of thiazole rings is 1. The average Bonchev–Trinajstić information content (AvgIpc) is 2.97. The predicted molar refractivity (Wildman–Crippen MR) is 76.4 cm³/mol. The van der Waals surface area contributed by atoms with Crippen molar-refractivity contribution in [3.05, 3.63) is 16.1 Å². The molecule has 1 aliphatic carbocycles. The quantitative estimate of drug-likeness (QED) is 0.904. The van der Waals surface area contributed by atoms with Gasteiger partial charge in [0.2, 0.25) is 0 Å². The summed E-state index contributed by atoms with van der Waals surface area (Å²) in [6, 6.07) is 0. The maximum absolute atomic E-state index is 4.97. The van der Waals surface area contributed by atoms with Crippen molar-refractivity contribution >= 4 is 11.3 Å². The monoisotopic (exact) mass is 265 g/mol. The minimum absolute atomic E-state index is 0.387. The molecule has 2 heterocycles. The molecule has 18 heavy (non-hydrogen) atoms. The van der Waals surface area contributed by atoms with Crippen LogP contribution in [0.5, 0.6) is 0 Å². The van der Waals surface area contributed by atoms with Gasteiger partial charge in [-0.05, 0) is 46.3 Å². The molecule has 1 unspecified atom stereocenters. The van der Waals surface area contributed by atoms with E-state index in [1.807, 2.05) is 18.4 Å². The molecule has 0 aromatic carbocycles. The van der Waals surface area contributed by atoms with E-state index in [-0.39, 0.29) is 0 Å². The van der Waals surface area contributed by atoms with Crippen LogP contribution in [0, 0.1) is 0 Å². The number of likely N-dealkylation sites (N-methyl/N-ethyl adjacent to an activating group) is 2. The van der Waals surface area contributed by atoms with Crippen molar-refractivity contribution in [3.8, 4) is 0 Å². The third kappa shape index (κ3) is 2.33. The second-order valence-corrected chi connectivity index (χ2v) is 6.85. The minimum Gasteiger partial charge on any atom is -0.319 e. The number of hydrogen-bond acceptors (Lipinski definition) is 4. The highest BCUT2D eigenvalue weighted by molar-refractivity contribution is 7.09. The molecule has 0 bridgehead atoms. The number of rotatable bonds is 4. The Morgan fingerprint density at radius 2 is 2.39 bits per heavy atom. The van der Waals surface area contributed by atoms with Gasteiger partial charge in [0.1, 0.15) is 5.01 Å². The van der Waals surface area contributed by atoms with Crippen molar-refractivity contribution in [1.82, 2.24) is 15.2 Å². The van der Waals surface area contributed by atoms with E-state index < -0.39 is 0 Å². The van der Waals surface area contributed by atoms with Crippen LogP contribution in [0.15, 0.2) is 5.38 Å². The molecule has 0 amide bonds. The highest BCUT2D eigenvalue weighted by atomic mass is 32.1. The SMILES string of the molecule is CNCC1(c2nc(C3CCCN(C)C3)cs2)CC1. The first-order valence-corrected chi connectivity index (χ1v) is 7.90. The molecule has 1 saturated heterocycles. The molecular weight excluding hydrogens is 242 g/mol. The first-order valence-electron chi connectivity index (χ1n) is 7.02. The summed E-state index contributed by atoms with van der Waals surface area (Å²) in [5, 5.41) is 7.01. The molecule has 1 atom stereocenters. The summed E-state index contributed by atoms with van der Waals surface area (Å²) in [4.78, 5) is 7.41. The van der Waals surface area contributed by atoms with Gasteiger partial charge in [0.05, 0.1) is 5.69 Å². The predicted octanol–water partition coefficient (Wildman–Crippen LogP) is 2.20. The van der Waals surface area contributed by atoms with Crippen molar-refractivity contribution < 1.29 is 0 Å². The van der Waals surface area contributed by atoms with E-state index in [9.17, 15) is 0 Å². The fourth-order valence-electron chi connectivity index (χ4n) is 3.08. The summed E-state index contributed by atoms with van der Waals surface area (Å²) in [5.41, 5.74) is 1.74. The first kappa shape index (κ1) is 12.6. The molecule has 2 aliphatic rings. The Balaban J connectivity index is 1.73. The number of nitrogens with one attached hydrogen (secondary N) is 1. The normalized spacial score (nSPS) is 27.3. The van der Waals surface area contributed by atoms with Gasteiger partial charge < -0.3 is 10.2 Å². The van der Waals surface area contributed by atoms with Crippen molar-refractivity contribution in [2.45, 2.75) is 37.0 Å². The van der Waals surface area contributed by atoms with E-state index in [0.717, 1.165) is 6.54 Å². The molecule has 2 fully saturated rings. The van der Waals surface area contributed by atoms with Crippen molar-refractivity contribution in [2.24, 2.45) is 0 Å². The maximum Gasteiger partial charge on any atom is 0.100 e. The van der Waals surface area contributed by atoms with Gasteiger partial charge in [0.25, 0.3) is 0 Å². The van der Waals surface area contributed by atoms with Gasteiger partial charge in [-0.2, -0.15) is 0 Å². The molecule has 3 nitrogen and oxygen atoms in total. The van der Waals surface area contributed by atoms with Gasteiger partial charge in [-0.1, -0.05) is 0 Å². The number of hydrogen-bond donors (Lipinski definition) is 1. The highest BCUT2D eigenvalue weighted by Gasteiger charge is 2.46. The zero-order chi connectivity index (χ0) is 12.6. The third-order valence-corrected chi connectivity index (χ3v) is 5.49. The fraction of sp³-hybridized carbons (Fsp3) is 0.786. The summed E-state index contributed by atoms with van der Waals surface area (Å²) < 4.78 is 0. The summed E-state index contributed by atoms with van der Waals surface area (Å²) >= 11 is 1.88. The lowest BCUT2D eigenvalue weighted by Gasteiger charge is -2.28. The van der Waals surface area contributed by atoms with Crippen LogP contribution in [-0.2, 0) is 5.41 Å². The lowest BCUT2D eigenvalue weighted by Crippen LogP contribution is -2.31. The largest absolute Gasteiger partial charge is 0.319 e. The summed E-state index contributed by atoms with van der Waals surface area (Å²) in [7, 11) is 4.27. The molecule has 1 N–H and O–H groups in total. The number of nitrogens with zero attached hydrogens (tertiary/aromatic N) is 2. The van der Waals surface area contributed by atoms with Crippen LogP contribution >= 0.6 is 11.3 Å². The Kier molecular flexibility index (Phi) is 3.43. The van der Waals surface area contributed by atoms with E-state index in [4.69, 9.17) is 4.98 Å². The van der Waals surface area contributed by atoms with E-state index in [1.54, 1.807) is 0 Å². The lowest BCUT2D eigenvalue weighted by atomic mass is 9.96. The van der Waals surface area contributed by atoms with E-state index in [0.29, 0.717) is 11.3 Å². The van der Waals surface area contributed by atoms with Gasteiger partial charge in [0.15, 0.2) is 0 Å². The Hall–Kier alpha value is -0.450. The van der Waals surface area contributed by atoms with Crippen molar-refractivity contribution in [2.75, 3.05) is 33.7 Å². The molecule has 100 valence electrons. The molecule has 1 aromatic rings. The molecule has 4 heteroatoms. The zero-order valence-electron chi connectivity index (χ0n) is 11.4. The van der Waals surface area contributed by atoms with Crippen LogP contribution in [0.1, 0.15) is 42.3 Å². The van der Waals surface area contributed by atoms with Crippen LogP contribution in [0.25, 0.3) is 0 Å². The third-order valence-electron chi connectivity index (χ3n) is 4.39. The summed E-state index contributed by atoms with van der Waals surface area (Å²) in [5.74, 6) is 0.666. The standard InChI is InChI=1S/C14H23N3S/c1-15-10-14(5-6-14)13-16-12(9-18-13)11-4-3-7-17(2)8-11/h9,11,15H,3-8,10H2,1-2H3. The van der Waals surface area contributed by atoms with Crippen LogP contribution in [0.4, 0.5) is 0 Å². The number of likely N-dealkylation sites (tertiary alicyclic amines) is 1. The molecule has 1 aliphatic heterocycles. The van der Waals surface area contributed by atoms with Gasteiger partial charge in [0, 0.05) is 29.8 Å². The van der Waals surface area contributed by atoms with E-state index in [2.05, 4.69) is 22.6 Å². The van der Waals surface area contributed by atoms with Crippen LogP contribution in [-0.4, -0.2) is 43.6 Å². The van der Waals surface area contributed by atoms with Gasteiger partial charge in [-0.3, -0.25) is 0 Å². The molecule has 0 radical (unpaired) electrons. The van der Waals surface area contributed by atoms with Crippen molar-refractivity contribution in [3.63, 3.8) is 0 Å². The lowest BCUT2D eigenvalue weighted by molar-refractivity contribution is 0.248. The molecule has 3 rings (SSSR count). The molecule has 0 spiro atoms. The second kappa shape index (κ2) is 4.91. The number of piperidine rings is 1. The number of aromatic nitrogens is 1. The van der Waals surface area contributed by atoms with Crippen molar-refractivity contribution in [1.29, 1.82) is 0 Å².